The predicted octanol–water partition coefficient (Wildman–Crippen LogP) is 4.01. The molecule has 19 heavy (non-hydrogen) atoms. The van der Waals surface area contributed by atoms with Crippen molar-refractivity contribution < 1.29 is 4.74 Å². The van der Waals surface area contributed by atoms with Crippen molar-refractivity contribution in [1.82, 2.24) is 0 Å². The molecule has 0 radical (unpaired) electrons. The quantitative estimate of drug-likeness (QED) is 0.806. The minimum Gasteiger partial charge on any atom is -0.494 e. The summed E-state index contributed by atoms with van der Waals surface area (Å²) < 4.78 is 5.58. The Morgan fingerprint density at radius 3 is 2.21 bits per heavy atom. The van der Waals surface area contributed by atoms with Crippen LogP contribution in [0.25, 0.3) is 0 Å². The van der Waals surface area contributed by atoms with E-state index in [-0.39, 0.29) is 0 Å². The number of nitrogens with two attached hydrogens (primary N) is 1. The molecule has 1 unspecified atom stereocenters. The van der Waals surface area contributed by atoms with Gasteiger partial charge in [-0.25, -0.2) is 0 Å². The summed E-state index contributed by atoms with van der Waals surface area (Å²) in [6, 6.07) is 4.62. The molecule has 0 aromatic heterocycles. The van der Waals surface area contributed by atoms with Gasteiger partial charge in [0.05, 0.1) is 6.61 Å². The average Bonchev–Trinajstić information content (AvgIpc) is 2.32. The van der Waals surface area contributed by atoms with Gasteiger partial charge in [0.15, 0.2) is 0 Å². The van der Waals surface area contributed by atoms with Crippen molar-refractivity contribution in [3.8, 4) is 5.75 Å². The van der Waals surface area contributed by atoms with Crippen LogP contribution in [0.1, 0.15) is 50.3 Å². The Labute approximate surface area is 118 Å². The molecule has 108 valence electrons. The Balaban J connectivity index is 2.63. The predicted molar refractivity (Wildman–Crippen MR) is 82.8 cm³/mol. The van der Waals surface area contributed by atoms with Gasteiger partial charge in [0, 0.05) is 6.04 Å². The maximum atomic E-state index is 6.10. The molecule has 0 heterocycles. The molecule has 1 rings (SSSR count). The first-order chi connectivity index (χ1) is 8.95. The van der Waals surface area contributed by atoms with Gasteiger partial charge in [-0.1, -0.05) is 13.8 Å². The van der Waals surface area contributed by atoms with Crippen molar-refractivity contribution in [2.75, 3.05) is 6.61 Å². The molecule has 0 saturated carbocycles. The SMILES string of the molecule is CCOc1cc(C)c(CCCC(N)C(C)C)c(C)c1. The molecular weight excluding hydrogens is 234 g/mol. The number of hydrogen-bond donors (Lipinski definition) is 1. The van der Waals surface area contributed by atoms with Gasteiger partial charge < -0.3 is 10.5 Å². The van der Waals surface area contributed by atoms with Crippen LogP contribution in [0.4, 0.5) is 0 Å². The van der Waals surface area contributed by atoms with Gasteiger partial charge in [0.2, 0.25) is 0 Å². The number of benzene rings is 1. The molecule has 0 saturated heterocycles. The Kier molecular flexibility index (Phi) is 6.36. The van der Waals surface area contributed by atoms with Crippen LogP contribution in [0.3, 0.4) is 0 Å². The third-order valence-electron chi connectivity index (χ3n) is 3.80. The molecule has 0 aliphatic rings. The summed E-state index contributed by atoms with van der Waals surface area (Å²) in [5.74, 6) is 1.56. The summed E-state index contributed by atoms with van der Waals surface area (Å²) >= 11 is 0. The lowest BCUT2D eigenvalue weighted by atomic mass is 9.94. The maximum absolute atomic E-state index is 6.10. The average molecular weight is 263 g/mol. The van der Waals surface area contributed by atoms with E-state index in [9.17, 15) is 0 Å². The molecule has 1 atom stereocenters. The minimum absolute atomic E-state index is 0.323. The Hall–Kier alpha value is -1.02. The molecule has 1 aromatic rings. The van der Waals surface area contributed by atoms with Gasteiger partial charge in [-0.3, -0.25) is 0 Å². The van der Waals surface area contributed by atoms with Crippen molar-refractivity contribution in [2.45, 2.75) is 59.9 Å². The van der Waals surface area contributed by atoms with Crippen molar-refractivity contribution in [1.29, 1.82) is 0 Å². The summed E-state index contributed by atoms with van der Waals surface area (Å²) in [4.78, 5) is 0. The standard InChI is InChI=1S/C17H29NO/c1-6-19-15-10-13(4)16(14(5)11-15)8-7-9-17(18)12(2)3/h10-12,17H,6-9,18H2,1-5H3. The zero-order valence-electron chi connectivity index (χ0n) is 13.1. The van der Waals surface area contributed by atoms with Crippen LogP contribution in [0.2, 0.25) is 0 Å². The van der Waals surface area contributed by atoms with Crippen molar-refractivity contribution >= 4 is 0 Å². The van der Waals surface area contributed by atoms with Crippen LogP contribution in [0, 0.1) is 19.8 Å². The number of aryl methyl sites for hydroxylation is 2. The van der Waals surface area contributed by atoms with Gasteiger partial charge in [-0.15, -0.1) is 0 Å². The highest BCUT2D eigenvalue weighted by molar-refractivity contribution is 5.41. The molecule has 0 fully saturated rings. The highest BCUT2D eigenvalue weighted by atomic mass is 16.5. The fourth-order valence-corrected chi connectivity index (χ4v) is 2.45. The molecule has 1 aromatic carbocycles. The van der Waals surface area contributed by atoms with Crippen molar-refractivity contribution in [2.24, 2.45) is 11.7 Å². The molecule has 2 N–H and O–H groups in total. The molecule has 0 aliphatic heterocycles. The largest absolute Gasteiger partial charge is 0.494 e. The first-order valence-electron chi connectivity index (χ1n) is 7.44. The van der Waals surface area contributed by atoms with Crippen LogP contribution in [-0.4, -0.2) is 12.6 Å². The van der Waals surface area contributed by atoms with Gasteiger partial charge in [0.1, 0.15) is 5.75 Å². The third-order valence-corrected chi connectivity index (χ3v) is 3.80. The molecule has 0 amide bonds. The highest BCUT2D eigenvalue weighted by Crippen LogP contribution is 2.24. The fraction of sp³-hybridized carbons (Fsp3) is 0.647. The summed E-state index contributed by atoms with van der Waals surface area (Å²) in [5, 5.41) is 0. The minimum atomic E-state index is 0.323. The van der Waals surface area contributed by atoms with Crippen LogP contribution in [0.5, 0.6) is 5.75 Å². The number of rotatable bonds is 7. The summed E-state index contributed by atoms with van der Waals surface area (Å²) in [6.45, 7) is 11.5. The second kappa shape index (κ2) is 7.54. The normalized spacial score (nSPS) is 12.8. The van der Waals surface area contributed by atoms with Crippen LogP contribution in [-0.2, 0) is 6.42 Å². The van der Waals surface area contributed by atoms with E-state index in [0.717, 1.165) is 31.6 Å². The van der Waals surface area contributed by atoms with Crippen LogP contribution < -0.4 is 10.5 Å². The number of ether oxygens (including phenoxy) is 1. The fourth-order valence-electron chi connectivity index (χ4n) is 2.45. The van der Waals surface area contributed by atoms with Gasteiger partial charge in [-0.2, -0.15) is 0 Å². The van der Waals surface area contributed by atoms with Crippen molar-refractivity contribution in [3.63, 3.8) is 0 Å². The van der Waals surface area contributed by atoms with E-state index >= 15 is 0 Å². The number of hydrogen-bond acceptors (Lipinski definition) is 2. The molecule has 2 heteroatoms. The lowest BCUT2D eigenvalue weighted by Gasteiger charge is -2.17. The Morgan fingerprint density at radius 2 is 1.74 bits per heavy atom. The Bertz CT molecular complexity index is 375. The second-order valence-corrected chi connectivity index (χ2v) is 5.77. The Morgan fingerprint density at radius 1 is 1.16 bits per heavy atom. The topological polar surface area (TPSA) is 35.2 Å². The van der Waals surface area contributed by atoms with E-state index in [1.54, 1.807) is 0 Å². The maximum Gasteiger partial charge on any atom is 0.119 e. The first-order valence-corrected chi connectivity index (χ1v) is 7.44. The van der Waals surface area contributed by atoms with Gasteiger partial charge in [-0.05, 0) is 74.8 Å². The lowest BCUT2D eigenvalue weighted by Crippen LogP contribution is -2.26. The van der Waals surface area contributed by atoms with E-state index < -0.39 is 0 Å². The third kappa shape index (κ3) is 4.87. The van der Waals surface area contributed by atoms with Crippen molar-refractivity contribution in [3.05, 3.63) is 28.8 Å². The van der Waals surface area contributed by atoms with E-state index in [2.05, 4.69) is 39.8 Å². The lowest BCUT2D eigenvalue weighted by molar-refractivity contribution is 0.339. The summed E-state index contributed by atoms with van der Waals surface area (Å²) in [5.41, 5.74) is 10.2. The van der Waals surface area contributed by atoms with E-state index in [4.69, 9.17) is 10.5 Å². The van der Waals surface area contributed by atoms with Crippen LogP contribution in [0.15, 0.2) is 12.1 Å². The zero-order chi connectivity index (χ0) is 14.4. The highest BCUT2D eigenvalue weighted by Gasteiger charge is 2.09. The van der Waals surface area contributed by atoms with Gasteiger partial charge in [0.25, 0.3) is 0 Å². The first kappa shape index (κ1) is 16.0. The molecule has 0 bridgehead atoms. The molecule has 0 aliphatic carbocycles. The molecular formula is C17H29NO. The van der Waals surface area contributed by atoms with E-state index in [1.165, 1.54) is 16.7 Å². The van der Waals surface area contributed by atoms with Crippen LogP contribution >= 0.6 is 0 Å². The smallest absolute Gasteiger partial charge is 0.119 e. The zero-order valence-corrected chi connectivity index (χ0v) is 13.1. The second-order valence-electron chi connectivity index (χ2n) is 5.77. The monoisotopic (exact) mass is 263 g/mol. The summed E-state index contributed by atoms with van der Waals surface area (Å²) in [6.07, 6.45) is 3.38. The van der Waals surface area contributed by atoms with E-state index in [0.29, 0.717) is 12.0 Å². The summed E-state index contributed by atoms with van der Waals surface area (Å²) in [7, 11) is 0. The molecule has 2 nitrogen and oxygen atoms in total. The molecule has 0 spiro atoms. The van der Waals surface area contributed by atoms with E-state index in [1.807, 2.05) is 6.92 Å². The van der Waals surface area contributed by atoms with Gasteiger partial charge >= 0.3 is 0 Å².